The van der Waals surface area contributed by atoms with Gasteiger partial charge in [-0.05, 0) is 37.4 Å². The highest BCUT2D eigenvalue weighted by molar-refractivity contribution is 14.0. The van der Waals surface area contributed by atoms with Crippen LogP contribution in [0.2, 0.25) is 0 Å². The molecule has 0 aromatic heterocycles. The number of rotatable bonds is 7. The number of nitrogens with one attached hydrogen (secondary N) is 2. The van der Waals surface area contributed by atoms with Crippen LogP contribution in [-0.2, 0) is 22.5 Å². The fourth-order valence-electron chi connectivity index (χ4n) is 3.63. The summed E-state index contributed by atoms with van der Waals surface area (Å²) in [5, 5.41) is 6.57. The quantitative estimate of drug-likeness (QED) is 0.249. The van der Waals surface area contributed by atoms with Crippen LogP contribution in [0.4, 0.5) is 0 Å². The molecule has 0 radical (unpaired) electrons. The van der Waals surface area contributed by atoms with E-state index in [0.29, 0.717) is 6.54 Å². The van der Waals surface area contributed by atoms with Crippen LogP contribution in [0.3, 0.4) is 0 Å². The van der Waals surface area contributed by atoms with Crippen molar-refractivity contribution in [3.05, 3.63) is 35.4 Å². The Bertz CT molecular complexity index is 664. The Balaban J connectivity index is 0.00000300. The van der Waals surface area contributed by atoms with Crippen molar-refractivity contribution >= 4 is 35.8 Å². The van der Waals surface area contributed by atoms with Gasteiger partial charge in [-0.25, -0.2) is 4.99 Å². The first-order valence-electron chi connectivity index (χ1n) is 10.4. The number of amides is 1. The molecular formula is C21H34IN5O2. The number of ether oxygens (including phenoxy) is 1. The minimum absolute atomic E-state index is 0. The highest BCUT2D eigenvalue weighted by Crippen LogP contribution is 2.18. The third-order valence-electron chi connectivity index (χ3n) is 5.25. The van der Waals surface area contributed by atoms with Gasteiger partial charge in [-0.3, -0.25) is 9.69 Å². The third-order valence-corrected chi connectivity index (χ3v) is 5.25. The van der Waals surface area contributed by atoms with E-state index in [1.807, 2.05) is 17.9 Å². The zero-order chi connectivity index (χ0) is 19.6. The van der Waals surface area contributed by atoms with Gasteiger partial charge in [0.05, 0.1) is 13.2 Å². The molecule has 1 fully saturated rings. The molecule has 0 atom stereocenters. The molecule has 1 saturated heterocycles. The van der Waals surface area contributed by atoms with Crippen LogP contribution in [0.25, 0.3) is 0 Å². The molecule has 1 aromatic carbocycles. The number of halogens is 1. The highest BCUT2D eigenvalue weighted by atomic mass is 127. The molecule has 0 saturated carbocycles. The zero-order valence-electron chi connectivity index (χ0n) is 17.4. The standard InChI is InChI=1S/C21H33N5O2.HI/c1-2-22-21(23-9-5-10-25-12-14-28-15-13-25)24-16-20(27)26-11-8-18-6-3-4-7-19(18)17-26;/h3-4,6-7H,2,5,8-17H2,1H3,(H2,22,23,24);1H. The maximum atomic E-state index is 12.6. The molecule has 8 heteroatoms. The average molecular weight is 515 g/mol. The van der Waals surface area contributed by atoms with E-state index >= 15 is 0 Å². The highest BCUT2D eigenvalue weighted by Gasteiger charge is 2.20. The number of hydrogen-bond acceptors (Lipinski definition) is 4. The number of carbonyl (C=O) groups is 1. The van der Waals surface area contributed by atoms with Crippen LogP contribution in [0.5, 0.6) is 0 Å². The molecule has 29 heavy (non-hydrogen) atoms. The summed E-state index contributed by atoms with van der Waals surface area (Å²) in [5.74, 6) is 0.801. The number of hydrogen-bond donors (Lipinski definition) is 2. The number of benzene rings is 1. The van der Waals surface area contributed by atoms with Crippen molar-refractivity contribution in [3.63, 3.8) is 0 Å². The lowest BCUT2D eigenvalue weighted by molar-refractivity contribution is -0.130. The Morgan fingerprint density at radius 3 is 2.66 bits per heavy atom. The molecular weight excluding hydrogens is 481 g/mol. The van der Waals surface area contributed by atoms with Crippen LogP contribution in [-0.4, -0.2) is 80.7 Å². The van der Waals surface area contributed by atoms with Gasteiger partial charge in [0.2, 0.25) is 5.91 Å². The summed E-state index contributed by atoms with van der Waals surface area (Å²) >= 11 is 0. The summed E-state index contributed by atoms with van der Waals surface area (Å²) in [6.45, 7) is 10.1. The number of carbonyl (C=O) groups excluding carboxylic acids is 1. The summed E-state index contributed by atoms with van der Waals surface area (Å²) in [6.07, 6.45) is 1.97. The van der Waals surface area contributed by atoms with Crippen LogP contribution >= 0.6 is 24.0 Å². The molecule has 0 aliphatic carbocycles. The van der Waals surface area contributed by atoms with Gasteiger partial charge in [0.25, 0.3) is 0 Å². The molecule has 7 nitrogen and oxygen atoms in total. The fraction of sp³-hybridized carbons (Fsp3) is 0.619. The Morgan fingerprint density at radius 2 is 1.90 bits per heavy atom. The van der Waals surface area contributed by atoms with Crippen molar-refractivity contribution < 1.29 is 9.53 Å². The average Bonchev–Trinajstić information content (AvgIpc) is 2.75. The second kappa shape index (κ2) is 13.0. The molecule has 0 spiro atoms. The Morgan fingerprint density at radius 1 is 1.14 bits per heavy atom. The van der Waals surface area contributed by atoms with Crippen molar-refractivity contribution in [2.45, 2.75) is 26.3 Å². The van der Waals surface area contributed by atoms with Crippen LogP contribution in [0.15, 0.2) is 29.3 Å². The maximum Gasteiger partial charge on any atom is 0.244 e. The van der Waals surface area contributed by atoms with Gasteiger partial charge in [-0.2, -0.15) is 0 Å². The van der Waals surface area contributed by atoms with Crippen LogP contribution in [0.1, 0.15) is 24.5 Å². The monoisotopic (exact) mass is 515 g/mol. The summed E-state index contributed by atoms with van der Waals surface area (Å²) in [5.41, 5.74) is 2.60. The molecule has 2 heterocycles. The summed E-state index contributed by atoms with van der Waals surface area (Å²) in [7, 11) is 0. The van der Waals surface area contributed by atoms with E-state index in [1.54, 1.807) is 0 Å². The van der Waals surface area contributed by atoms with E-state index in [2.05, 4.69) is 38.7 Å². The van der Waals surface area contributed by atoms with Gasteiger partial charge in [0.15, 0.2) is 5.96 Å². The minimum atomic E-state index is 0. The molecule has 2 aliphatic heterocycles. The topological polar surface area (TPSA) is 69.2 Å². The molecule has 162 valence electrons. The lowest BCUT2D eigenvalue weighted by Gasteiger charge is -2.28. The Labute approximate surface area is 191 Å². The molecule has 3 rings (SSSR count). The van der Waals surface area contributed by atoms with Crippen LogP contribution in [0, 0.1) is 0 Å². The fourth-order valence-corrected chi connectivity index (χ4v) is 3.63. The van der Waals surface area contributed by atoms with Gasteiger partial charge in [-0.1, -0.05) is 24.3 Å². The van der Waals surface area contributed by atoms with Gasteiger partial charge in [0, 0.05) is 39.3 Å². The molecule has 0 unspecified atom stereocenters. The molecule has 1 aromatic rings. The summed E-state index contributed by atoms with van der Waals surface area (Å²) in [4.78, 5) is 21.4. The van der Waals surface area contributed by atoms with Gasteiger partial charge >= 0.3 is 0 Å². The minimum Gasteiger partial charge on any atom is -0.379 e. The van der Waals surface area contributed by atoms with Gasteiger partial charge in [0.1, 0.15) is 6.54 Å². The van der Waals surface area contributed by atoms with Crippen molar-refractivity contribution in [2.24, 2.45) is 4.99 Å². The normalized spacial score (nSPS) is 17.3. The van der Waals surface area contributed by atoms with E-state index in [0.717, 1.165) is 71.3 Å². The summed E-state index contributed by atoms with van der Waals surface area (Å²) < 4.78 is 5.38. The lowest BCUT2D eigenvalue weighted by atomic mass is 10.00. The first-order chi connectivity index (χ1) is 13.8. The first-order valence-corrected chi connectivity index (χ1v) is 10.4. The van der Waals surface area contributed by atoms with Crippen molar-refractivity contribution in [1.29, 1.82) is 0 Å². The zero-order valence-corrected chi connectivity index (χ0v) is 19.7. The second-order valence-electron chi connectivity index (χ2n) is 7.26. The van der Waals surface area contributed by atoms with Crippen LogP contribution < -0.4 is 10.6 Å². The van der Waals surface area contributed by atoms with E-state index in [4.69, 9.17) is 4.74 Å². The number of fused-ring (bicyclic) bond motifs is 1. The summed E-state index contributed by atoms with van der Waals surface area (Å²) in [6, 6.07) is 8.36. The number of morpholine rings is 1. The van der Waals surface area contributed by atoms with E-state index in [-0.39, 0.29) is 36.4 Å². The third kappa shape index (κ3) is 7.75. The van der Waals surface area contributed by atoms with Crippen molar-refractivity contribution in [3.8, 4) is 0 Å². The maximum absolute atomic E-state index is 12.6. The largest absolute Gasteiger partial charge is 0.379 e. The van der Waals surface area contributed by atoms with Gasteiger partial charge < -0.3 is 20.3 Å². The Kier molecular flexibility index (Phi) is 10.7. The van der Waals surface area contributed by atoms with E-state index in [1.165, 1.54) is 11.1 Å². The number of aliphatic imine (C=N–C) groups is 1. The van der Waals surface area contributed by atoms with E-state index in [9.17, 15) is 4.79 Å². The predicted molar refractivity (Wildman–Crippen MR) is 127 cm³/mol. The lowest BCUT2D eigenvalue weighted by Crippen LogP contribution is -2.42. The SMILES string of the molecule is CCNC(=NCC(=O)N1CCc2ccccc2C1)NCCCN1CCOCC1.I. The van der Waals surface area contributed by atoms with Crippen molar-refractivity contribution in [1.82, 2.24) is 20.4 Å². The second-order valence-corrected chi connectivity index (χ2v) is 7.26. The molecule has 0 bridgehead atoms. The predicted octanol–water partition coefficient (Wildman–Crippen LogP) is 1.47. The first kappa shape index (κ1) is 23.9. The number of nitrogens with zero attached hydrogens (tertiary/aromatic N) is 3. The van der Waals surface area contributed by atoms with Gasteiger partial charge in [-0.15, -0.1) is 24.0 Å². The van der Waals surface area contributed by atoms with E-state index < -0.39 is 0 Å². The smallest absolute Gasteiger partial charge is 0.244 e. The molecule has 2 aliphatic rings. The van der Waals surface area contributed by atoms with Crippen molar-refractivity contribution in [2.75, 3.05) is 59.0 Å². The molecule has 2 N–H and O–H groups in total. The Hall–Kier alpha value is -1.39. The molecule has 1 amide bonds. The number of guanidine groups is 1.